The highest BCUT2D eigenvalue weighted by Gasteiger charge is 2.59. The van der Waals surface area contributed by atoms with E-state index >= 15 is 0 Å². The van der Waals surface area contributed by atoms with Crippen LogP contribution in [0.3, 0.4) is 0 Å². The Bertz CT molecular complexity index is 487. The molecule has 1 saturated heterocycles. The van der Waals surface area contributed by atoms with Gasteiger partial charge in [0.05, 0.1) is 18.8 Å². The van der Waals surface area contributed by atoms with E-state index in [1.54, 1.807) is 0 Å². The smallest absolute Gasteiger partial charge is 0.303 e. The molecule has 3 atom stereocenters. The molecular weight excluding hydrogens is 336 g/mol. The number of hydrogen-bond donors (Lipinski definition) is 1. The van der Waals surface area contributed by atoms with E-state index in [-0.39, 0.29) is 17.3 Å². The Labute approximate surface area is 155 Å². The maximum Gasteiger partial charge on any atom is 0.303 e. The van der Waals surface area contributed by atoms with Gasteiger partial charge in [-0.3, -0.25) is 4.79 Å². The minimum Gasteiger partial charge on any atom is -0.481 e. The number of aliphatic carboxylic acids is 1. The summed E-state index contributed by atoms with van der Waals surface area (Å²) in [6.45, 7) is 14.0. The topological polar surface area (TPSA) is 65.0 Å². The summed E-state index contributed by atoms with van der Waals surface area (Å²) < 4.78 is 18.1. The molecule has 0 aromatic carbocycles. The van der Waals surface area contributed by atoms with E-state index in [0.29, 0.717) is 30.1 Å². The van der Waals surface area contributed by atoms with E-state index in [2.05, 4.69) is 46.8 Å². The van der Waals surface area contributed by atoms with Crippen molar-refractivity contribution in [1.82, 2.24) is 0 Å². The lowest BCUT2D eigenvalue weighted by molar-refractivity contribution is -0.385. The summed E-state index contributed by atoms with van der Waals surface area (Å²) in [6.07, 6.45) is 6.71. The molecule has 0 bridgehead atoms. The highest BCUT2D eigenvalue weighted by atomic mass is 28.2. The molecule has 0 unspecified atom stereocenters. The summed E-state index contributed by atoms with van der Waals surface area (Å²) in [5.41, 5.74) is -0.646. The number of carboxylic acids is 1. The van der Waals surface area contributed by atoms with Crippen molar-refractivity contribution in [2.24, 2.45) is 10.8 Å². The maximum atomic E-state index is 10.6. The van der Waals surface area contributed by atoms with Gasteiger partial charge in [0.2, 0.25) is 0 Å². The molecule has 0 aromatic heterocycles. The van der Waals surface area contributed by atoms with Crippen LogP contribution in [0.4, 0.5) is 0 Å². The second-order valence-corrected chi connectivity index (χ2v) is 9.34. The van der Waals surface area contributed by atoms with E-state index in [9.17, 15) is 4.79 Å². The normalized spacial score (nSPS) is 33.8. The highest BCUT2D eigenvalue weighted by molar-refractivity contribution is 5.97. The fourth-order valence-electron chi connectivity index (χ4n) is 3.51. The monoisotopic (exact) mass is 372 g/mol. The quantitative estimate of drug-likeness (QED) is 0.403. The number of carboxylic acid groups (broad SMARTS) is 1. The van der Waals surface area contributed by atoms with Gasteiger partial charge in [-0.15, -0.1) is 0 Å². The minimum absolute atomic E-state index is 0.0743. The van der Waals surface area contributed by atoms with Crippen molar-refractivity contribution in [2.75, 3.05) is 13.2 Å². The van der Waals surface area contributed by atoms with Crippen molar-refractivity contribution < 1.29 is 23.8 Å². The van der Waals surface area contributed by atoms with Crippen LogP contribution in [-0.2, 0) is 18.7 Å². The van der Waals surface area contributed by atoms with Gasteiger partial charge in [-0.2, -0.15) is 0 Å². The summed E-state index contributed by atoms with van der Waals surface area (Å²) in [5, 5.41) is 8.70. The van der Waals surface area contributed by atoms with E-state index in [4.69, 9.17) is 19.0 Å². The van der Waals surface area contributed by atoms with Gasteiger partial charge in [0, 0.05) is 11.8 Å². The minimum atomic E-state index is -0.741. The van der Waals surface area contributed by atoms with E-state index < -0.39 is 17.4 Å². The summed E-state index contributed by atoms with van der Waals surface area (Å²) >= 11 is 0. The first kappa shape index (κ1) is 22.3. The Hall–Kier alpha value is -0.693. The van der Waals surface area contributed by atoms with E-state index in [1.165, 1.54) is 0 Å². The third kappa shape index (κ3) is 5.39. The van der Waals surface area contributed by atoms with Gasteiger partial charge in [0.25, 0.3) is 0 Å². The van der Waals surface area contributed by atoms with Gasteiger partial charge in [-0.1, -0.05) is 39.8 Å². The zero-order valence-corrected chi connectivity index (χ0v) is 19.0. The molecule has 1 aliphatic rings. The van der Waals surface area contributed by atoms with Crippen molar-refractivity contribution in [3.8, 4) is 0 Å². The predicted molar refractivity (Wildman–Crippen MR) is 103 cm³/mol. The van der Waals surface area contributed by atoms with Crippen LogP contribution in [0.2, 0.25) is 0 Å². The Morgan fingerprint density at radius 2 is 1.92 bits per heavy atom. The van der Waals surface area contributed by atoms with Crippen molar-refractivity contribution in [3.05, 3.63) is 12.2 Å². The van der Waals surface area contributed by atoms with Crippen molar-refractivity contribution in [2.45, 2.75) is 78.6 Å². The van der Waals surface area contributed by atoms with Crippen LogP contribution in [0.1, 0.15) is 67.2 Å². The van der Waals surface area contributed by atoms with Gasteiger partial charge in [0.15, 0.2) is 5.79 Å². The molecule has 6 heteroatoms. The number of carbonyl (C=O) groups is 1. The first-order valence-corrected chi connectivity index (χ1v) is 9.91. The van der Waals surface area contributed by atoms with Crippen LogP contribution in [0, 0.1) is 10.8 Å². The number of unbranched alkanes of at least 4 members (excludes halogenated alkanes) is 1. The molecule has 1 N–H and O–H groups in total. The third-order valence-corrected chi connectivity index (χ3v) is 5.89. The summed E-state index contributed by atoms with van der Waals surface area (Å²) in [7, 11) is 0.655. The average molecular weight is 373 g/mol. The van der Waals surface area contributed by atoms with Crippen molar-refractivity contribution in [3.63, 3.8) is 0 Å². The second kappa shape index (κ2) is 8.33. The maximum absolute atomic E-state index is 10.6. The standard InChI is InChI=1S/C19H36O5Si/c1-16(2,3)19(6)17(4,12-10-8-7-9-11-15(20)21)13-22-18(5,24-19)14-23-25/h8,10H,7,9,11-14H2,1-6,25H3,(H,20,21)/t17-,18+,19+/m0/s1. The highest BCUT2D eigenvalue weighted by Crippen LogP contribution is 2.54. The molecule has 0 aliphatic carbocycles. The van der Waals surface area contributed by atoms with Gasteiger partial charge >= 0.3 is 5.97 Å². The molecular formula is C19H36O5Si. The van der Waals surface area contributed by atoms with Crippen LogP contribution in [-0.4, -0.2) is 46.2 Å². The molecule has 1 fully saturated rings. The fraction of sp³-hybridized carbons (Fsp3) is 0.842. The van der Waals surface area contributed by atoms with Crippen LogP contribution in [0.5, 0.6) is 0 Å². The summed E-state index contributed by atoms with van der Waals surface area (Å²) in [5.74, 6) is -1.45. The molecule has 1 rings (SSSR count). The number of rotatable bonds is 8. The first-order valence-electron chi connectivity index (χ1n) is 9.09. The Kier molecular flexibility index (Phi) is 7.45. The van der Waals surface area contributed by atoms with Crippen molar-refractivity contribution >= 4 is 16.5 Å². The van der Waals surface area contributed by atoms with Gasteiger partial charge in [0.1, 0.15) is 10.5 Å². The van der Waals surface area contributed by atoms with Gasteiger partial charge in [-0.05, 0) is 38.5 Å². The predicted octanol–water partition coefficient (Wildman–Crippen LogP) is 3.06. The number of allylic oxidation sites excluding steroid dienone is 2. The van der Waals surface area contributed by atoms with Crippen LogP contribution in [0.15, 0.2) is 12.2 Å². The summed E-state index contributed by atoms with van der Waals surface area (Å²) in [4.78, 5) is 10.6. The average Bonchev–Trinajstić information content (AvgIpc) is 2.46. The van der Waals surface area contributed by atoms with Crippen LogP contribution in [0.25, 0.3) is 0 Å². The molecule has 5 nitrogen and oxygen atoms in total. The largest absolute Gasteiger partial charge is 0.481 e. The zero-order chi connectivity index (χ0) is 19.4. The molecule has 146 valence electrons. The second-order valence-electron chi connectivity index (χ2n) is 8.76. The van der Waals surface area contributed by atoms with E-state index in [1.807, 2.05) is 6.92 Å². The molecule has 0 radical (unpaired) electrons. The molecule has 1 heterocycles. The first-order chi connectivity index (χ1) is 11.4. The summed E-state index contributed by atoms with van der Waals surface area (Å²) in [6, 6.07) is 0. The van der Waals surface area contributed by atoms with Gasteiger partial charge in [-0.25, -0.2) is 0 Å². The van der Waals surface area contributed by atoms with Gasteiger partial charge < -0.3 is 19.0 Å². The molecule has 25 heavy (non-hydrogen) atoms. The molecule has 0 aromatic rings. The Balaban J connectivity index is 2.87. The Morgan fingerprint density at radius 1 is 1.28 bits per heavy atom. The van der Waals surface area contributed by atoms with Crippen LogP contribution >= 0.6 is 0 Å². The third-order valence-electron chi connectivity index (χ3n) is 5.60. The van der Waals surface area contributed by atoms with E-state index in [0.717, 1.165) is 12.8 Å². The lowest BCUT2D eigenvalue weighted by Gasteiger charge is -2.60. The lowest BCUT2D eigenvalue weighted by Crippen LogP contribution is -2.66. The fourth-order valence-corrected chi connectivity index (χ4v) is 4.04. The number of ether oxygens (including phenoxy) is 2. The van der Waals surface area contributed by atoms with Crippen LogP contribution < -0.4 is 0 Å². The Morgan fingerprint density at radius 3 is 2.44 bits per heavy atom. The molecule has 1 aliphatic heterocycles. The SMILES string of the molecule is CC(C)(C)[C@@]1(C)O[C@](C)(CO[SiH3])OC[C@]1(C)CC=CCCCC(=O)O. The zero-order valence-electron chi connectivity index (χ0n) is 17.0. The molecule has 0 amide bonds. The van der Waals surface area contributed by atoms with Crippen molar-refractivity contribution in [1.29, 1.82) is 0 Å². The molecule has 0 saturated carbocycles. The number of hydrogen-bond acceptors (Lipinski definition) is 4. The molecule has 0 spiro atoms. The lowest BCUT2D eigenvalue weighted by atomic mass is 9.60.